The van der Waals surface area contributed by atoms with E-state index in [0.29, 0.717) is 23.6 Å². The SMILES string of the molecule is Cc1cc(C(=O)N(CCC(N)=S)C(C)C)on1. The van der Waals surface area contributed by atoms with Gasteiger partial charge >= 0.3 is 0 Å². The highest BCUT2D eigenvalue weighted by Crippen LogP contribution is 2.10. The Morgan fingerprint density at radius 3 is 2.71 bits per heavy atom. The van der Waals surface area contributed by atoms with E-state index >= 15 is 0 Å². The van der Waals surface area contributed by atoms with E-state index in [4.69, 9.17) is 22.5 Å². The number of thiocarbonyl (C=S) groups is 1. The van der Waals surface area contributed by atoms with Crippen LogP contribution in [0.25, 0.3) is 0 Å². The monoisotopic (exact) mass is 255 g/mol. The third-order valence-corrected chi connectivity index (χ3v) is 2.53. The third-order valence-electron chi connectivity index (χ3n) is 2.32. The first-order valence-electron chi connectivity index (χ1n) is 5.44. The van der Waals surface area contributed by atoms with Crippen LogP contribution in [0.5, 0.6) is 0 Å². The summed E-state index contributed by atoms with van der Waals surface area (Å²) in [5.41, 5.74) is 6.13. The lowest BCUT2D eigenvalue weighted by Crippen LogP contribution is -2.38. The van der Waals surface area contributed by atoms with Crippen LogP contribution in [0.2, 0.25) is 0 Å². The van der Waals surface area contributed by atoms with Gasteiger partial charge in [0, 0.05) is 25.1 Å². The highest BCUT2D eigenvalue weighted by atomic mass is 32.1. The number of rotatable bonds is 5. The first kappa shape index (κ1) is 13.6. The van der Waals surface area contributed by atoms with Crippen molar-refractivity contribution in [2.24, 2.45) is 5.73 Å². The molecule has 0 saturated heterocycles. The number of amides is 1. The van der Waals surface area contributed by atoms with Crippen LogP contribution in [0.3, 0.4) is 0 Å². The standard InChI is InChI=1S/C11H17N3O2S/c1-7(2)14(5-4-10(12)17)11(15)9-6-8(3)13-16-9/h6-7H,4-5H2,1-3H3,(H2,12,17). The van der Waals surface area contributed by atoms with E-state index < -0.39 is 0 Å². The van der Waals surface area contributed by atoms with Crippen LogP contribution < -0.4 is 5.73 Å². The van der Waals surface area contributed by atoms with Gasteiger partial charge in [0.15, 0.2) is 0 Å². The fourth-order valence-corrected chi connectivity index (χ4v) is 1.52. The molecular weight excluding hydrogens is 238 g/mol. The minimum atomic E-state index is -0.183. The topological polar surface area (TPSA) is 72.4 Å². The fraction of sp³-hybridized carbons (Fsp3) is 0.545. The smallest absolute Gasteiger partial charge is 0.292 e. The summed E-state index contributed by atoms with van der Waals surface area (Å²) in [6.07, 6.45) is 0.506. The van der Waals surface area contributed by atoms with Crippen molar-refractivity contribution in [2.45, 2.75) is 33.2 Å². The molecule has 1 aromatic heterocycles. The van der Waals surface area contributed by atoms with Gasteiger partial charge in [-0.05, 0) is 20.8 Å². The molecule has 0 spiro atoms. The van der Waals surface area contributed by atoms with E-state index in [1.807, 2.05) is 13.8 Å². The molecule has 0 bridgehead atoms. The van der Waals surface area contributed by atoms with Gasteiger partial charge in [0.25, 0.3) is 5.91 Å². The van der Waals surface area contributed by atoms with Gasteiger partial charge in [-0.15, -0.1) is 0 Å². The molecule has 2 N–H and O–H groups in total. The zero-order chi connectivity index (χ0) is 13.0. The number of aryl methyl sites for hydroxylation is 1. The quantitative estimate of drug-likeness (QED) is 0.807. The molecule has 0 fully saturated rings. The second kappa shape index (κ2) is 5.77. The summed E-state index contributed by atoms with van der Waals surface area (Å²) in [5.74, 6) is 0.0657. The van der Waals surface area contributed by atoms with E-state index in [1.165, 1.54) is 0 Å². The maximum atomic E-state index is 12.1. The Hall–Kier alpha value is -1.43. The van der Waals surface area contributed by atoms with Crippen LogP contribution in [-0.2, 0) is 0 Å². The molecular formula is C11H17N3O2S. The average molecular weight is 255 g/mol. The Balaban J connectivity index is 2.77. The van der Waals surface area contributed by atoms with Crippen molar-refractivity contribution in [3.63, 3.8) is 0 Å². The first-order chi connectivity index (χ1) is 7.91. The van der Waals surface area contributed by atoms with Gasteiger partial charge in [0.05, 0.1) is 10.7 Å². The molecule has 0 aliphatic carbocycles. The van der Waals surface area contributed by atoms with Crippen LogP contribution in [0.1, 0.15) is 36.5 Å². The van der Waals surface area contributed by atoms with E-state index in [9.17, 15) is 4.79 Å². The van der Waals surface area contributed by atoms with Gasteiger partial charge < -0.3 is 15.2 Å². The minimum Gasteiger partial charge on any atom is -0.393 e. The molecule has 0 aliphatic rings. The van der Waals surface area contributed by atoms with E-state index in [-0.39, 0.29) is 17.7 Å². The van der Waals surface area contributed by atoms with Crippen LogP contribution in [0.4, 0.5) is 0 Å². The summed E-state index contributed by atoms with van der Waals surface area (Å²) < 4.78 is 4.96. The van der Waals surface area contributed by atoms with E-state index in [0.717, 1.165) is 0 Å². The zero-order valence-electron chi connectivity index (χ0n) is 10.3. The number of hydrogen-bond donors (Lipinski definition) is 1. The van der Waals surface area contributed by atoms with Crippen molar-refractivity contribution >= 4 is 23.1 Å². The normalized spacial score (nSPS) is 10.6. The minimum absolute atomic E-state index is 0.0576. The number of carbonyl (C=O) groups excluding carboxylic acids is 1. The highest BCUT2D eigenvalue weighted by Gasteiger charge is 2.22. The highest BCUT2D eigenvalue weighted by molar-refractivity contribution is 7.80. The van der Waals surface area contributed by atoms with Crippen molar-refractivity contribution in [3.8, 4) is 0 Å². The fourth-order valence-electron chi connectivity index (χ4n) is 1.43. The Morgan fingerprint density at radius 2 is 2.29 bits per heavy atom. The molecule has 0 unspecified atom stereocenters. The predicted octanol–water partition coefficient (Wildman–Crippen LogP) is 1.51. The maximum Gasteiger partial charge on any atom is 0.292 e. The zero-order valence-corrected chi connectivity index (χ0v) is 11.1. The molecule has 0 aromatic carbocycles. The largest absolute Gasteiger partial charge is 0.393 e. The van der Waals surface area contributed by atoms with Crippen LogP contribution in [0.15, 0.2) is 10.6 Å². The van der Waals surface area contributed by atoms with Crippen molar-refractivity contribution in [3.05, 3.63) is 17.5 Å². The molecule has 5 nitrogen and oxygen atoms in total. The summed E-state index contributed by atoms with van der Waals surface area (Å²) in [7, 11) is 0. The second-order valence-corrected chi connectivity index (χ2v) is 4.67. The number of aromatic nitrogens is 1. The van der Waals surface area contributed by atoms with Gasteiger partial charge in [0.2, 0.25) is 5.76 Å². The van der Waals surface area contributed by atoms with Gasteiger partial charge in [-0.2, -0.15) is 0 Å². The Morgan fingerprint density at radius 1 is 1.65 bits per heavy atom. The summed E-state index contributed by atoms with van der Waals surface area (Å²) in [5, 5.41) is 3.70. The predicted molar refractivity (Wildman–Crippen MR) is 68.8 cm³/mol. The molecule has 6 heteroatoms. The summed E-state index contributed by atoms with van der Waals surface area (Å²) in [6, 6.07) is 1.68. The van der Waals surface area contributed by atoms with Crippen molar-refractivity contribution in [2.75, 3.05) is 6.54 Å². The van der Waals surface area contributed by atoms with Crippen molar-refractivity contribution in [1.82, 2.24) is 10.1 Å². The van der Waals surface area contributed by atoms with Gasteiger partial charge in [0.1, 0.15) is 0 Å². The molecule has 1 aromatic rings. The van der Waals surface area contributed by atoms with Crippen LogP contribution in [0, 0.1) is 6.92 Å². The first-order valence-corrected chi connectivity index (χ1v) is 5.85. The lowest BCUT2D eigenvalue weighted by atomic mass is 10.2. The molecule has 0 radical (unpaired) electrons. The molecule has 1 heterocycles. The van der Waals surface area contributed by atoms with Crippen molar-refractivity contribution < 1.29 is 9.32 Å². The average Bonchev–Trinajstić information content (AvgIpc) is 2.63. The molecule has 0 atom stereocenters. The lowest BCUT2D eigenvalue weighted by Gasteiger charge is -2.25. The number of nitrogens with two attached hydrogens (primary N) is 1. The van der Waals surface area contributed by atoms with E-state index in [2.05, 4.69) is 5.16 Å². The Bertz CT molecular complexity index is 415. The molecule has 1 rings (SSSR count). The molecule has 17 heavy (non-hydrogen) atoms. The molecule has 0 saturated carbocycles. The van der Waals surface area contributed by atoms with E-state index in [1.54, 1.807) is 17.9 Å². The molecule has 94 valence electrons. The van der Waals surface area contributed by atoms with Crippen LogP contribution in [-0.4, -0.2) is 33.5 Å². The maximum absolute atomic E-state index is 12.1. The number of hydrogen-bond acceptors (Lipinski definition) is 4. The van der Waals surface area contributed by atoms with Gasteiger partial charge in [-0.1, -0.05) is 17.4 Å². The van der Waals surface area contributed by atoms with Gasteiger partial charge in [-0.3, -0.25) is 4.79 Å². The van der Waals surface area contributed by atoms with Crippen molar-refractivity contribution in [1.29, 1.82) is 0 Å². The van der Waals surface area contributed by atoms with Crippen LogP contribution >= 0.6 is 12.2 Å². The summed E-state index contributed by atoms with van der Waals surface area (Å²) in [4.78, 5) is 14.2. The Kier molecular flexibility index (Phi) is 4.62. The Labute approximate surface area is 106 Å². The number of carbonyl (C=O) groups is 1. The summed E-state index contributed by atoms with van der Waals surface area (Å²) in [6.45, 7) is 6.13. The summed E-state index contributed by atoms with van der Waals surface area (Å²) >= 11 is 4.81. The molecule has 1 amide bonds. The molecule has 0 aliphatic heterocycles. The third kappa shape index (κ3) is 3.81. The van der Waals surface area contributed by atoms with Gasteiger partial charge in [-0.25, -0.2) is 0 Å². The lowest BCUT2D eigenvalue weighted by molar-refractivity contribution is 0.0669. The second-order valence-electron chi connectivity index (χ2n) is 4.14. The number of nitrogens with zero attached hydrogens (tertiary/aromatic N) is 2.